The maximum absolute atomic E-state index is 6.32. The Morgan fingerprint density at radius 2 is 1.07 bits per heavy atom. The summed E-state index contributed by atoms with van der Waals surface area (Å²) in [5.41, 5.74) is 0. The zero-order chi connectivity index (χ0) is 20.2. The second kappa shape index (κ2) is 10.4. The van der Waals surface area contributed by atoms with E-state index >= 15 is 0 Å². The van der Waals surface area contributed by atoms with Crippen LogP contribution < -0.4 is 0 Å². The molecule has 0 aliphatic carbocycles. The summed E-state index contributed by atoms with van der Waals surface area (Å²) in [5, 5.41) is 0. The summed E-state index contributed by atoms with van der Waals surface area (Å²) in [4.78, 5) is 4.73. The number of rotatable bonds is 6. The fourth-order valence-electron chi connectivity index (χ4n) is 4.45. The van der Waals surface area contributed by atoms with Crippen molar-refractivity contribution >= 4 is 29.4 Å². The molecule has 6 aliphatic rings. The summed E-state index contributed by atoms with van der Waals surface area (Å²) in [5.74, 6) is 1.94. The Morgan fingerprint density at radius 3 is 1.45 bits per heavy atom. The fourth-order valence-corrected chi connectivity index (χ4v) is 12.0. The third-order valence-corrected chi connectivity index (χ3v) is 13.3. The van der Waals surface area contributed by atoms with Crippen LogP contribution in [0.1, 0.15) is 13.8 Å². The van der Waals surface area contributed by atoms with Crippen LogP contribution in [0.2, 0.25) is 12.1 Å². The van der Waals surface area contributed by atoms with Gasteiger partial charge in [0.2, 0.25) is 0 Å². The molecule has 0 unspecified atom stereocenters. The summed E-state index contributed by atoms with van der Waals surface area (Å²) in [6.45, 7) is 13.0. The minimum Gasteiger partial charge on any atom is -0.372 e. The van der Waals surface area contributed by atoms with Gasteiger partial charge in [-0.2, -0.15) is 11.8 Å². The summed E-state index contributed by atoms with van der Waals surface area (Å²) in [6.07, 6.45) is 0.333. The molecule has 2 atom stereocenters. The molecule has 0 spiro atoms. The molecule has 0 aromatic heterocycles. The van der Waals surface area contributed by atoms with E-state index in [1.54, 1.807) is 0 Å². The van der Waals surface area contributed by atoms with Gasteiger partial charge < -0.3 is 26.6 Å². The SMILES string of the molecule is C[C@@H]1CN2CCO[Si](CCSCC[Si]34OCCN(CCO3)C[C@H](C)O4)(OCC2)O1. The Kier molecular flexibility index (Phi) is 8.11. The van der Waals surface area contributed by atoms with E-state index in [0.717, 1.165) is 62.9 Å². The maximum atomic E-state index is 6.32. The molecule has 11 heteroatoms. The minimum atomic E-state index is -2.57. The van der Waals surface area contributed by atoms with E-state index in [1.807, 2.05) is 11.8 Å². The molecular weight excluding hydrogens is 428 g/mol. The van der Waals surface area contributed by atoms with E-state index < -0.39 is 17.6 Å². The minimum absolute atomic E-state index is 0.166. The van der Waals surface area contributed by atoms with E-state index in [1.165, 1.54) is 0 Å². The highest BCUT2D eigenvalue weighted by molar-refractivity contribution is 7.99. The highest BCUT2D eigenvalue weighted by atomic mass is 32.2. The van der Waals surface area contributed by atoms with Gasteiger partial charge in [-0.15, -0.1) is 0 Å². The van der Waals surface area contributed by atoms with Crippen molar-refractivity contribution in [3.63, 3.8) is 0 Å². The number of hydrogen-bond donors (Lipinski definition) is 0. The summed E-state index contributed by atoms with van der Waals surface area (Å²) in [7, 11) is -5.14. The van der Waals surface area contributed by atoms with Crippen LogP contribution in [0.15, 0.2) is 0 Å². The van der Waals surface area contributed by atoms with Crippen LogP contribution in [0.25, 0.3) is 0 Å². The smallest absolute Gasteiger partial charge is 0.372 e. The van der Waals surface area contributed by atoms with Crippen LogP contribution in [0.5, 0.6) is 0 Å². The third kappa shape index (κ3) is 6.25. The highest BCUT2D eigenvalue weighted by Crippen LogP contribution is 2.28. The first kappa shape index (κ1) is 22.7. The molecule has 168 valence electrons. The van der Waals surface area contributed by atoms with E-state index in [2.05, 4.69) is 23.6 Å². The van der Waals surface area contributed by atoms with Crippen molar-refractivity contribution in [2.24, 2.45) is 0 Å². The molecule has 0 saturated carbocycles. The van der Waals surface area contributed by atoms with E-state index in [4.69, 9.17) is 26.6 Å². The van der Waals surface area contributed by atoms with Gasteiger partial charge in [-0.05, 0) is 25.4 Å². The van der Waals surface area contributed by atoms with E-state index in [-0.39, 0.29) is 12.2 Å². The molecule has 6 heterocycles. The number of hydrogen-bond acceptors (Lipinski definition) is 9. The average molecular weight is 465 g/mol. The normalized spacial score (nSPS) is 43.7. The lowest BCUT2D eigenvalue weighted by Crippen LogP contribution is -2.57. The quantitative estimate of drug-likeness (QED) is 0.425. The van der Waals surface area contributed by atoms with Crippen molar-refractivity contribution in [1.82, 2.24) is 9.80 Å². The van der Waals surface area contributed by atoms with Crippen molar-refractivity contribution in [2.45, 2.75) is 38.1 Å². The lowest BCUT2D eigenvalue weighted by molar-refractivity contribution is -0.0350. The molecule has 29 heavy (non-hydrogen) atoms. The first-order chi connectivity index (χ1) is 14.1. The lowest BCUT2D eigenvalue weighted by Gasteiger charge is -2.41. The number of nitrogens with zero attached hydrogens (tertiary/aromatic N) is 2. The van der Waals surface area contributed by atoms with Gasteiger partial charge in [0.1, 0.15) is 0 Å². The van der Waals surface area contributed by atoms with Gasteiger partial charge in [0.25, 0.3) is 0 Å². The standard InChI is InChI=1S/C18H36N2O6SSi2/c1-17-15-19-3-7-21-28(25-17,22-8-4-19)13-11-27-12-14-29-23-9-5-20(6-10-24-29)16-18(2)26-29/h17-18H,3-16H2,1-2H3/t17-,18+. The average Bonchev–Trinajstić information content (AvgIpc) is 2.59. The molecule has 0 N–H and O–H groups in total. The van der Waals surface area contributed by atoms with Gasteiger partial charge in [-0.25, -0.2) is 0 Å². The number of fused-ring (bicyclic) bond motifs is 12. The summed E-state index contributed by atoms with van der Waals surface area (Å²) < 4.78 is 37.4. The monoisotopic (exact) mass is 464 g/mol. The molecule has 6 rings (SSSR count). The van der Waals surface area contributed by atoms with Crippen LogP contribution >= 0.6 is 11.8 Å². The van der Waals surface area contributed by atoms with Gasteiger partial charge in [-0.3, -0.25) is 9.80 Å². The number of thioether (sulfide) groups is 1. The van der Waals surface area contributed by atoms with Crippen molar-refractivity contribution in [1.29, 1.82) is 0 Å². The third-order valence-electron chi connectivity index (χ3n) is 5.82. The zero-order valence-corrected chi connectivity index (χ0v) is 20.6. The molecule has 0 radical (unpaired) electrons. The van der Waals surface area contributed by atoms with Crippen molar-refractivity contribution in [3.05, 3.63) is 0 Å². The molecule has 0 aromatic rings. The van der Waals surface area contributed by atoms with Gasteiger partial charge in [0.15, 0.2) is 0 Å². The molecule has 0 amide bonds. The molecular formula is C18H36N2O6SSi2. The van der Waals surface area contributed by atoms with Crippen molar-refractivity contribution in [3.8, 4) is 0 Å². The van der Waals surface area contributed by atoms with Gasteiger partial charge in [0.05, 0.1) is 38.6 Å². The van der Waals surface area contributed by atoms with Crippen molar-refractivity contribution in [2.75, 3.05) is 77.2 Å². The van der Waals surface area contributed by atoms with Gasteiger partial charge in [0, 0.05) is 51.4 Å². The highest BCUT2D eigenvalue weighted by Gasteiger charge is 2.47. The molecule has 6 saturated heterocycles. The Bertz CT molecular complexity index is 473. The Labute approximate surface area is 181 Å². The van der Waals surface area contributed by atoms with E-state index in [9.17, 15) is 0 Å². The topological polar surface area (TPSA) is 61.9 Å². The van der Waals surface area contributed by atoms with Crippen LogP contribution in [0, 0.1) is 0 Å². The Balaban J connectivity index is 1.26. The van der Waals surface area contributed by atoms with Crippen molar-refractivity contribution < 1.29 is 26.6 Å². The van der Waals surface area contributed by atoms with Crippen LogP contribution in [0.4, 0.5) is 0 Å². The predicted octanol–water partition coefficient (Wildman–Crippen LogP) is 1.13. The molecule has 8 nitrogen and oxygen atoms in total. The largest absolute Gasteiger partial charge is 0.502 e. The first-order valence-electron chi connectivity index (χ1n) is 11.0. The van der Waals surface area contributed by atoms with Gasteiger partial charge >= 0.3 is 17.6 Å². The predicted molar refractivity (Wildman–Crippen MR) is 116 cm³/mol. The Hall–Kier alpha value is 0.464. The Morgan fingerprint density at radius 1 is 0.690 bits per heavy atom. The lowest BCUT2D eigenvalue weighted by atomic mass is 10.3. The fraction of sp³-hybridized carbons (Fsp3) is 1.00. The van der Waals surface area contributed by atoms with Crippen LogP contribution in [-0.2, 0) is 26.6 Å². The van der Waals surface area contributed by atoms with E-state index in [0.29, 0.717) is 26.4 Å². The molecule has 0 aromatic carbocycles. The molecule has 6 aliphatic heterocycles. The van der Waals surface area contributed by atoms with Crippen LogP contribution in [0.3, 0.4) is 0 Å². The zero-order valence-electron chi connectivity index (χ0n) is 17.8. The summed E-state index contributed by atoms with van der Waals surface area (Å²) in [6, 6.07) is 1.73. The van der Waals surface area contributed by atoms with Gasteiger partial charge in [-0.1, -0.05) is 0 Å². The second-order valence-corrected chi connectivity index (χ2v) is 14.9. The maximum Gasteiger partial charge on any atom is 0.502 e. The molecule has 4 bridgehead atoms. The molecule has 6 fully saturated rings. The summed E-state index contributed by atoms with van der Waals surface area (Å²) >= 11 is 1.91. The second-order valence-electron chi connectivity index (χ2n) is 8.33. The first-order valence-corrected chi connectivity index (χ1v) is 16.0. The van der Waals surface area contributed by atoms with Crippen LogP contribution in [-0.4, -0.2) is 117 Å².